The fourth-order valence-electron chi connectivity index (χ4n) is 4.16. The summed E-state index contributed by atoms with van der Waals surface area (Å²) in [5, 5.41) is 2.92. The van der Waals surface area contributed by atoms with Crippen molar-refractivity contribution in [1.82, 2.24) is 25.1 Å². The van der Waals surface area contributed by atoms with Crippen LogP contribution < -0.4 is 5.32 Å². The lowest BCUT2D eigenvalue weighted by molar-refractivity contribution is -0.137. The lowest BCUT2D eigenvalue weighted by atomic mass is 10.2. The van der Waals surface area contributed by atoms with Crippen LogP contribution in [0, 0.1) is 6.92 Å². The number of hydrogen-bond acceptors (Lipinski definition) is 3. The third-order valence-corrected chi connectivity index (χ3v) is 5.63. The van der Waals surface area contributed by atoms with Gasteiger partial charge in [0.05, 0.1) is 11.0 Å². The Morgan fingerprint density at radius 2 is 2.11 bits per heavy atom. The Balaban J connectivity index is 1.26. The molecule has 27 heavy (non-hydrogen) atoms. The first-order valence-corrected chi connectivity index (χ1v) is 9.87. The molecule has 1 aromatic carbocycles. The molecule has 3 amide bonds. The number of carbonyl (C=O) groups excluding carboxylic acids is 2. The van der Waals surface area contributed by atoms with Gasteiger partial charge in [0.1, 0.15) is 12.4 Å². The summed E-state index contributed by atoms with van der Waals surface area (Å²) in [5.74, 6) is 0.939. The minimum atomic E-state index is -0.165. The summed E-state index contributed by atoms with van der Waals surface area (Å²) in [7, 11) is 0. The zero-order chi connectivity index (χ0) is 18.8. The van der Waals surface area contributed by atoms with Crippen molar-refractivity contribution in [3.8, 4) is 0 Å². The number of imidazole rings is 1. The fourth-order valence-corrected chi connectivity index (χ4v) is 4.16. The number of hydrogen-bond donors (Lipinski definition) is 2. The van der Waals surface area contributed by atoms with Crippen molar-refractivity contribution in [1.29, 1.82) is 0 Å². The molecule has 2 heterocycles. The van der Waals surface area contributed by atoms with E-state index >= 15 is 0 Å². The maximum atomic E-state index is 12.4. The summed E-state index contributed by atoms with van der Waals surface area (Å²) >= 11 is 0. The molecule has 7 nitrogen and oxygen atoms in total. The molecule has 7 heteroatoms. The number of benzene rings is 1. The van der Waals surface area contributed by atoms with E-state index in [1.165, 1.54) is 18.4 Å². The number of urea groups is 1. The van der Waals surface area contributed by atoms with Crippen LogP contribution in [0.3, 0.4) is 0 Å². The summed E-state index contributed by atoms with van der Waals surface area (Å²) < 4.78 is 0. The average Bonchev–Trinajstić information content (AvgIpc) is 3.30. The predicted octanol–water partition coefficient (Wildman–Crippen LogP) is 2.21. The second-order valence-corrected chi connectivity index (χ2v) is 7.63. The lowest BCUT2D eigenvalue weighted by Gasteiger charge is -2.37. The predicted molar refractivity (Wildman–Crippen MR) is 103 cm³/mol. The first kappa shape index (κ1) is 17.8. The van der Waals surface area contributed by atoms with E-state index in [1.807, 2.05) is 24.0 Å². The van der Waals surface area contributed by atoms with E-state index in [0.717, 1.165) is 29.7 Å². The molecule has 1 aliphatic heterocycles. The molecular formula is C20H27N5O2. The highest BCUT2D eigenvalue weighted by Crippen LogP contribution is 2.24. The van der Waals surface area contributed by atoms with Gasteiger partial charge in [-0.2, -0.15) is 0 Å². The smallest absolute Gasteiger partial charge is 0.317 e. The Kier molecular flexibility index (Phi) is 5.01. The van der Waals surface area contributed by atoms with Crippen LogP contribution in [0.5, 0.6) is 0 Å². The Morgan fingerprint density at radius 3 is 2.89 bits per heavy atom. The normalized spacial score (nSPS) is 18.5. The van der Waals surface area contributed by atoms with Crippen molar-refractivity contribution in [2.75, 3.05) is 26.2 Å². The molecule has 2 aliphatic rings. The summed E-state index contributed by atoms with van der Waals surface area (Å²) in [6, 6.07) is 6.33. The van der Waals surface area contributed by atoms with Gasteiger partial charge >= 0.3 is 6.03 Å². The fraction of sp³-hybridized carbons (Fsp3) is 0.550. The van der Waals surface area contributed by atoms with Crippen molar-refractivity contribution in [2.45, 2.75) is 45.1 Å². The SMILES string of the molecule is Cc1ccc2nc(CCNC(=O)N3CCN(C4CCCC4)C(=O)C3)[nH]c2c1. The summed E-state index contributed by atoms with van der Waals surface area (Å²) in [6.45, 7) is 3.99. The van der Waals surface area contributed by atoms with Gasteiger partial charge in [-0.25, -0.2) is 9.78 Å². The highest BCUT2D eigenvalue weighted by Gasteiger charge is 2.32. The Hall–Kier alpha value is -2.57. The van der Waals surface area contributed by atoms with Crippen LogP contribution in [0.15, 0.2) is 18.2 Å². The van der Waals surface area contributed by atoms with Gasteiger partial charge in [0, 0.05) is 32.1 Å². The summed E-state index contributed by atoms with van der Waals surface area (Å²) in [5.41, 5.74) is 3.15. The van der Waals surface area contributed by atoms with Gasteiger partial charge in [-0.1, -0.05) is 18.9 Å². The number of piperazine rings is 1. The van der Waals surface area contributed by atoms with E-state index in [-0.39, 0.29) is 18.5 Å². The van der Waals surface area contributed by atoms with Crippen molar-refractivity contribution < 1.29 is 9.59 Å². The zero-order valence-corrected chi connectivity index (χ0v) is 15.8. The molecule has 0 bridgehead atoms. The maximum absolute atomic E-state index is 12.4. The molecule has 0 radical (unpaired) electrons. The minimum absolute atomic E-state index is 0.0796. The van der Waals surface area contributed by atoms with Gasteiger partial charge in [0.15, 0.2) is 0 Å². The number of aromatic amines is 1. The molecule has 1 saturated heterocycles. The first-order valence-electron chi connectivity index (χ1n) is 9.87. The number of fused-ring (bicyclic) bond motifs is 1. The first-order chi connectivity index (χ1) is 13.1. The molecule has 0 spiro atoms. The number of aromatic nitrogens is 2. The van der Waals surface area contributed by atoms with Crippen LogP contribution in [-0.2, 0) is 11.2 Å². The molecular weight excluding hydrogens is 342 g/mol. The van der Waals surface area contributed by atoms with Crippen molar-refractivity contribution in [3.05, 3.63) is 29.6 Å². The highest BCUT2D eigenvalue weighted by molar-refractivity contribution is 5.85. The number of rotatable bonds is 4. The van der Waals surface area contributed by atoms with Gasteiger partial charge in [-0.3, -0.25) is 4.79 Å². The summed E-state index contributed by atoms with van der Waals surface area (Å²) in [4.78, 5) is 36.2. The number of carbonyl (C=O) groups is 2. The van der Waals surface area contributed by atoms with Gasteiger partial charge in [0.2, 0.25) is 5.91 Å². The Bertz CT molecular complexity index is 840. The maximum Gasteiger partial charge on any atom is 0.317 e. The molecule has 1 aliphatic carbocycles. The molecule has 2 aromatic rings. The standard InChI is InChI=1S/C20H27N5O2/c1-14-6-7-16-17(12-14)23-18(22-16)8-9-21-20(27)24-10-11-25(19(26)13-24)15-4-2-3-5-15/h6-7,12,15H,2-5,8-11,13H2,1H3,(H,21,27)(H,22,23). The molecule has 2 fully saturated rings. The molecule has 144 valence electrons. The third kappa shape index (κ3) is 3.91. The monoisotopic (exact) mass is 369 g/mol. The van der Waals surface area contributed by atoms with Crippen LogP contribution in [0.4, 0.5) is 4.79 Å². The van der Waals surface area contributed by atoms with Crippen LogP contribution in [0.25, 0.3) is 11.0 Å². The third-order valence-electron chi connectivity index (χ3n) is 5.63. The highest BCUT2D eigenvalue weighted by atomic mass is 16.2. The molecule has 4 rings (SSSR count). The Labute approximate surface area is 159 Å². The molecule has 1 saturated carbocycles. The lowest BCUT2D eigenvalue weighted by Crippen LogP contribution is -2.56. The van der Waals surface area contributed by atoms with Gasteiger partial charge < -0.3 is 20.1 Å². The number of amides is 3. The zero-order valence-electron chi connectivity index (χ0n) is 15.8. The van der Waals surface area contributed by atoms with Crippen molar-refractivity contribution in [3.63, 3.8) is 0 Å². The molecule has 1 aromatic heterocycles. The van der Waals surface area contributed by atoms with Crippen LogP contribution in [0.1, 0.15) is 37.1 Å². The van der Waals surface area contributed by atoms with Crippen LogP contribution in [0.2, 0.25) is 0 Å². The van der Waals surface area contributed by atoms with Crippen molar-refractivity contribution >= 4 is 23.0 Å². The van der Waals surface area contributed by atoms with Gasteiger partial charge in [0.25, 0.3) is 0 Å². The second-order valence-electron chi connectivity index (χ2n) is 7.63. The minimum Gasteiger partial charge on any atom is -0.342 e. The van der Waals surface area contributed by atoms with Crippen LogP contribution in [-0.4, -0.2) is 63.9 Å². The molecule has 0 unspecified atom stereocenters. The number of nitrogens with zero attached hydrogens (tertiary/aromatic N) is 3. The average molecular weight is 369 g/mol. The Morgan fingerprint density at radius 1 is 1.30 bits per heavy atom. The summed E-state index contributed by atoms with van der Waals surface area (Å²) in [6.07, 6.45) is 5.26. The number of H-pyrrole nitrogens is 1. The van der Waals surface area contributed by atoms with Crippen molar-refractivity contribution in [2.24, 2.45) is 0 Å². The van der Waals surface area contributed by atoms with Crippen LogP contribution >= 0.6 is 0 Å². The molecule has 2 N–H and O–H groups in total. The molecule has 0 atom stereocenters. The van der Waals surface area contributed by atoms with E-state index in [4.69, 9.17) is 0 Å². The quantitative estimate of drug-likeness (QED) is 0.867. The van der Waals surface area contributed by atoms with Gasteiger partial charge in [-0.15, -0.1) is 0 Å². The largest absolute Gasteiger partial charge is 0.342 e. The van der Waals surface area contributed by atoms with E-state index in [2.05, 4.69) is 21.4 Å². The van der Waals surface area contributed by atoms with E-state index in [1.54, 1.807) is 4.90 Å². The van der Waals surface area contributed by atoms with E-state index in [0.29, 0.717) is 32.1 Å². The number of nitrogens with one attached hydrogen (secondary N) is 2. The van der Waals surface area contributed by atoms with E-state index < -0.39 is 0 Å². The van der Waals surface area contributed by atoms with E-state index in [9.17, 15) is 9.59 Å². The second kappa shape index (κ2) is 7.58. The number of aryl methyl sites for hydroxylation is 1. The van der Waals surface area contributed by atoms with Gasteiger partial charge in [-0.05, 0) is 37.5 Å². The topological polar surface area (TPSA) is 81.3 Å².